The van der Waals surface area contributed by atoms with Crippen LogP contribution in [-0.2, 0) is 14.2 Å². The average Bonchev–Trinajstić information content (AvgIpc) is 2.92. The Morgan fingerprint density at radius 1 is 0.732 bits per heavy atom. The van der Waals surface area contributed by atoms with Crippen LogP contribution in [0, 0.1) is 0 Å². The van der Waals surface area contributed by atoms with Gasteiger partial charge in [0.15, 0.2) is 18.2 Å². The molecule has 14 nitrogen and oxygen atoms in total. The molecule has 1 aromatic heterocycles. The van der Waals surface area contributed by atoms with E-state index in [-0.39, 0.29) is 33.8 Å². The van der Waals surface area contributed by atoms with Gasteiger partial charge in [-0.2, -0.15) is 0 Å². The number of ether oxygens (including phenoxy) is 4. The SMILES string of the molecule is C[C@@H]1O[C@@H](O[C@@H]2[C@H](Oc3c(-c4ccc(O)cc4)oc4cc(O)cc(O)c4c3=O)O[C@@H](C)[C@H](O)[C@H]2O)[C@@H](O)[C@@H](O)[C@H]1O. The van der Waals surface area contributed by atoms with Crippen LogP contribution in [-0.4, -0.2) is 102 Å². The van der Waals surface area contributed by atoms with Crippen molar-refractivity contribution in [2.24, 2.45) is 0 Å². The lowest BCUT2D eigenvalue weighted by molar-refractivity contribution is -0.352. The van der Waals surface area contributed by atoms with E-state index in [4.69, 9.17) is 23.4 Å². The molecule has 8 N–H and O–H groups in total. The summed E-state index contributed by atoms with van der Waals surface area (Å²) in [4.78, 5) is 13.7. The summed E-state index contributed by atoms with van der Waals surface area (Å²) in [5, 5.41) is 81.8. The molecule has 0 aliphatic carbocycles. The number of phenolic OH excluding ortho intramolecular Hbond substituents is 3. The van der Waals surface area contributed by atoms with Crippen molar-refractivity contribution in [2.75, 3.05) is 0 Å². The summed E-state index contributed by atoms with van der Waals surface area (Å²) in [6, 6.07) is 7.49. The minimum Gasteiger partial charge on any atom is -0.508 e. The van der Waals surface area contributed by atoms with Gasteiger partial charge in [-0.1, -0.05) is 0 Å². The molecule has 2 aliphatic heterocycles. The maximum absolute atomic E-state index is 13.7. The van der Waals surface area contributed by atoms with E-state index in [1.807, 2.05) is 0 Å². The Labute approximate surface area is 231 Å². The van der Waals surface area contributed by atoms with E-state index in [1.165, 1.54) is 38.1 Å². The predicted octanol–water partition coefficient (Wildman–Crippen LogP) is -0.365. The van der Waals surface area contributed by atoms with E-state index in [2.05, 4.69) is 0 Å². The van der Waals surface area contributed by atoms with Crippen LogP contribution in [0.15, 0.2) is 45.6 Å². The third-order valence-electron chi connectivity index (χ3n) is 7.17. The minimum absolute atomic E-state index is 0.0859. The van der Waals surface area contributed by atoms with E-state index < -0.39 is 78.3 Å². The van der Waals surface area contributed by atoms with Gasteiger partial charge in [-0.05, 0) is 38.1 Å². The first-order chi connectivity index (χ1) is 19.4. The molecule has 3 aromatic rings. The van der Waals surface area contributed by atoms with Crippen LogP contribution in [0.1, 0.15) is 13.8 Å². The second kappa shape index (κ2) is 11.1. The molecular formula is C27H30O14. The Balaban J connectivity index is 1.59. The number of aliphatic hydroxyl groups is 5. The monoisotopic (exact) mass is 578 g/mol. The largest absolute Gasteiger partial charge is 0.508 e. The van der Waals surface area contributed by atoms with Crippen LogP contribution in [0.3, 0.4) is 0 Å². The van der Waals surface area contributed by atoms with Crippen LogP contribution >= 0.6 is 0 Å². The highest BCUT2D eigenvalue weighted by Crippen LogP contribution is 2.38. The van der Waals surface area contributed by atoms with Gasteiger partial charge in [0.25, 0.3) is 0 Å². The van der Waals surface area contributed by atoms with Gasteiger partial charge in [-0.15, -0.1) is 0 Å². The van der Waals surface area contributed by atoms with Crippen molar-refractivity contribution in [1.82, 2.24) is 0 Å². The van der Waals surface area contributed by atoms with Gasteiger partial charge in [-0.3, -0.25) is 4.79 Å². The lowest BCUT2D eigenvalue weighted by atomic mass is 9.98. The van der Waals surface area contributed by atoms with Crippen LogP contribution in [0.4, 0.5) is 0 Å². The van der Waals surface area contributed by atoms with Crippen molar-refractivity contribution in [3.63, 3.8) is 0 Å². The molecule has 2 aromatic carbocycles. The van der Waals surface area contributed by atoms with E-state index in [0.717, 1.165) is 12.1 Å². The van der Waals surface area contributed by atoms with Crippen molar-refractivity contribution in [2.45, 2.75) is 75.3 Å². The minimum atomic E-state index is -1.77. The molecule has 5 rings (SSSR count). The molecule has 2 saturated heterocycles. The van der Waals surface area contributed by atoms with Crippen molar-refractivity contribution in [3.05, 3.63) is 46.6 Å². The molecule has 14 heteroatoms. The zero-order valence-corrected chi connectivity index (χ0v) is 21.8. The van der Waals surface area contributed by atoms with Crippen LogP contribution < -0.4 is 10.2 Å². The fraction of sp³-hybridized carbons (Fsp3) is 0.444. The Bertz CT molecular complexity index is 1460. The van der Waals surface area contributed by atoms with Crippen LogP contribution in [0.2, 0.25) is 0 Å². The zero-order chi connectivity index (χ0) is 29.7. The molecule has 2 aliphatic rings. The molecule has 222 valence electrons. The summed E-state index contributed by atoms with van der Waals surface area (Å²) in [6.45, 7) is 2.84. The number of aromatic hydroxyl groups is 3. The quantitative estimate of drug-likeness (QED) is 0.193. The fourth-order valence-corrected chi connectivity index (χ4v) is 4.82. The normalized spacial score (nSPS) is 34.0. The number of rotatable bonds is 5. The van der Waals surface area contributed by atoms with Gasteiger partial charge in [-0.25, -0.2) is 0 Å². The molecule has 2 fully saturated rings. The first-order valence-corrected chi connectivity index (χ1v) is 12.7. The molecule has 0 saturated carbocycles. The van der Waals surface area contributed by atoms with E-state index in [0.29, 0.717) is 0 Å². The summed E-state index contributed by atoms with van der Waals surface area (Å²) in [5.74, 6) is -1.81. The first-order valence-electron chi connectivity index (χ1n) is 12.7. The van der Waals surface area contributed by atoms with E-state index >= 15 is 0 Å². The molecule has 0 bridgehead atoms. The molecular weight excluding hydrogens is 548 g/mol. The Morgan fingerprint density at radius 3 is 2.00 bits per heavy atom. The highest BCUT2D eigenvalue weighted by Gasteiger charge is 2.50. The summed E-state index contributed by atoms with van der Waals surface area (Å²) in [6.07, 6.45) is -15.0. The van der Waals surface area contributed by atoms with Gasteiger partial charge < -0.3 is 64.2 Å². The Hall–Kier alpha value is -3.47. The smallest absolute Gasteiger partial charge is 0.239 e. The predicted molar refractivity (Wildman–Crippen MR) is 137 cm³/mol. The number of benzene rings is 2. The maximum atomic E-state index is 13.7. The first kappa shape index (κ1) is 29.0. The van der Waals surface area contributed by atoms with Gasteiger partial charge >= 0.3 is 0 Å². The summed E-state index contributed by atoms with van der Waals surface area (Å²) in [5.41, 5.74) is -0.855. The van der Waals surface area contributed by atoms with Crippen molar-refractivity contribution in [1.29, 1.82) is 0 Å². The molecule has 0 spiro atoms. The van der Waals surface area contributed by atoms with E-state index in [9.17, 15) is 45.6 Å². The molecule has 10 atom stereocenters. The van der Waals surface area contributed by atoms with Crippen molar-refractivity contribution >= 4 is 11.0 Å². The lowest BCUT2D eigenvalue weighted by Crippen LogP contribution is -2.63. The highest BCUT2D eigenvalue weighted by molar-refractivity contribution is 5.88. The molecule has 41 heavy (non-hydrogen) atoms. The summed E-state index contributed by atoms with van der Waals surface area (Å²) < 4.78 is 28.7. The average molecular weight is 579 g/mol. The Morgan fingerprint density at radius 2 is 1.34 bits per heavy atom. The van der Waals surface area contributed by atoms with Crippen molar-refractivity contribution in [3.8, 4) is 34.3 Å². The summed E-state index contributed by atoms with van der Waals surface area (Å²) >= 11 is 0. The van der Waals surface area contributed by atoms with Crippen LogP contribution in [0.5, 0.6) is 23.0 Å². The number of hydrogen-bond donors (Lipinski definition) is 8. The van der Waals surface area contributed by atoms with Crippen molar-refractivity contribution < 1.29 is 64.2 Å². The molecule has 0 amide bonds. The molecule has 0 radical (unpaired) electrons. The third kappa shape index (κ3) is 5.31. The molecule has 3 heterocycles. The number of fused-ring (bicyclic) bond motifs is 1. The standard InChI is InChI=1S/C27H30O14/c1-9-17(31)20(34)22(36)26(37-9)41-25-21(35)18(32)10(2)38-27(25)40-24-19(33)16-14(30)7-13(29)8-15(16)39-23(24)11-3-5-12(28)6-4-11/h3-10,17-18,20-22,25-32,34-36H,1-2H3/t9-,10-,17-,18-,20-,21+,22-,25-,26-,27-/m0/s1. The second-order valence-corrected chi connectivity index (χ2v) is 10.1. The maximum Gasteiger partial charge on any atom is 0.239 e. The van der Waals surface area contributed by atoms with Gasteiger partial charge in [0.2, 0.25) is 17.5 Å². The topological polar surface area (TPSA) is 229 Å². The lowest BCUT2D eigenvalue weighted by Gasteiger charge is -2.45. The fourth-order valence-electron chi connectivity index (χ4n) is 4.82. The number of hydrogen-bond acceptors (Lipinski definition) is 14. The zero-order valence-electron chi connectivity index (χ0n) is 21.8. The van der Waals surface area contributed by atoms with Gasteiger partial charge in [0.05, 0.1) is 12.2 Å². The Kier molecular flexibility index (Phi) is 7.84. The van der Waals surface area contributed by atoms with Gasteiger partial charge in [0, 0.05) is 17.7 Å². The highest BCUT2D eigenvalue weighted by atomic mass is 16.8. The molecule has 0 unspecified atom stereocenters. The summed E-state index contributed by atoms with van der Waals surface area (Å²) in [7, 11) is 0. The number of phenols is 3. The van der Waals surface area contributed by atoms with E-state index in [1.54, 1.807) is 0 Å². The second-order valence-electron chi connectivity index (χ2n) is 10.1. The third-order valence-corrected chi connectivity index (χ3v) is 7.17. The van der Waals surface area contributed by atoms with Gasteiger partial charge in [0.1, 0.15) is 58.7 Å². The number of aliphatic hydroxyl groups excluding tert-OH is 5. The van der Waals surface area contributed by atoms with Crippen LogP contribution in [0.25, 0.3) is 22.3 Å².